The molecule has 3 aromatic carbocycles. The van der Waals surface area contributed by atoms with E-state index in [1.165, 1.54) is 15.6 Å². The highest BCUT2D eigenvalue weighted by atomic mass is 28.3. The van der Waals surface area contributed by atoms with Crippen molar-refractivity contribution in [2.75, 3.05) is 0 Å². The zero-order valence-electron chi connectivity index (χ0n) is 20.5. The first-order valence-electron chi connectivity index (χ1n) is 12.0. The van der Waals surface area contributed by atoms with E-state index in [1.54, 1.807) is 0 Å². The molecule has 1 atom stereocenters. The Hall–Kier alpha value is -2.40. The zero-order chi connectivity index (χ0) is 23.5. The normalized spacial score (nSPS) is 18.5. The van der Waals surface area contributed by atoms with E-state index in [2.05, 4.69) is 138 Å². The van der Waals surface area contributed by atoms with Crippen LogP contribution in [0.2, 0.25) is 5.44 Å². The molecule has 1 aliphatic rings. The van der Waals surface area contributed by atoms with E-state index in [1.807, 2.05) is 0 Å². The number of allylic oxidation sites excluding steroid dienone is 2. The maximum Gasteiger partial charge on any atom is 0.463 e. The lowest BCUT2D eigenvalue weighted by Gasteiger charge is -2.40. The highest BCUT2D eigenvalue weighted by Crippen LogP contribution is 2.42. The van der Waals surface area contributed by atoms with Crippen molar-refractivity contribution < 1.29 is 9.31 Å². The molecule has 0 aromatic heterocycles. The van der Waals surface area contributed by atoms with Crippen LogP contribution in [0.3, 0.4) is 0 Å². The molecule has 0 radical (unpaired) electrons. The summed E-state index contributed by atoms with van der Waals surface area (Å²) in [7, 11) is -2.96. The summed E-state index contributed by atoms with van der Waals surface area (Å²) in [6.45, 7) is 10.8. The molecule has 1 aliphatic heterocycles. The van der Waals surface area contributed by atoms with Crippen molar-refractivity contribution in [2.24, 2.45) is 0 Å². The van der Waals surface area contributed by atoms with Gasteiger partial charge < -0.3 is 9.31 Å². The second-order valence-electron chi connectivity index (χ2n) is 9.89. The third kappa shape index (κ3) is 4.28. The van der Waals surface area contributed by atoms with Crippen molar-refractivity contribution in [3.05, 3.63) is 103 Å². The lowest BCUT2D eigenvalue weighted by atomic mass is 9.83. The van der Waals surface area contributed by atoms with E-state index >= 15 is 0 Å². The molecule has 0 saturated carbocycles. The lowest BCUT2D eigenvalue weighted by molar-refractivity contribution is 0.00578. The van der Waals surface area contributed by atoms with E-state index in [4.69, 9.17) is 9.31 Å². The predicted octanol–water partition coefficient (Wildman–Crippen LogP) is 5.12. The Morgan fingerprint density at radius 1 is 0.697 bits per heavy atom. The van der Waals surface area contributed by atoms with E-state index < -0.39 is 8.07 Å². The van der Waals surface area contributed by atoms with Gasteiger partial charge in [0.15, 0.2) is 8.07 Å². The molecule has 0 amide bonds. The van der Waals surface area contributed by atoms with E-state index in [-0.39, 0.29) is 23.8 Å². The summed E-state index contributed by atoms with van der Waals surface area (Å²) in [5.74, 6) is 0. The van der Waals surface area contributed by atoms with Gasteiger partial charge >= 0.3 is 7.12 Å². The van der Waals surface area contributed by atoms with Crippen molar-refractivity contribution in [3.63, 3.8) is 0 Å². The van der Waals surface area contributed by atoms with Gasteiger partial charge in [-0.2, -0.15) is 0 Å². The van der Waals surface area contributed by atoms with Gasteiger partial charge in [-0.15, -0.1) is 0 Å². The minimum atomic E-state index is -2.62. The smallest absolute Gasteiger partial charge is 0.403 e. The molecule has 0 spiro atoms. The van der Waals surface area contributed by atoms with E-state index in [0.717, 1.165) is 6.42 Å². The van der Waals surface area contributed by atoms with Crippen LogP contribution >= 0.6 is 0 Å². The lowest BCUT2D eigenvalue weighted by Crippen LogP contribution is -2.72. The fourth-order valence-electron chi connectivity index (χ4n) is 4.94. The average Bonchev–Trinajstić information content (AvgIpc) is 3.05. The number of hydrogen-bond donors (Lipinski definition) is 0. The third-order valence-electron chi connectivity index (χ3n) is 7.33. The Bertz CT molecular complexity index is 952. The van der Waals surface area contributed by atoms with Gasteiger partial charge in [0.2, 0.25) is 0 Å². The van der Waals surface area contributed by atoms with Gasteiger partial charge in [0.25, 0.3) is 0 Å². The molecule has 0 bridgehead atoms. The van der Waals surface area contributed by atoms with Gasteiger partial charge in [-0.3, -0.25) is 0 Å². The standard InChI is InChI=1S/C29H35BO2Si/c1-6-7-23-27(30-31-28(2,3)29(4,5)32-30)33(24-17-11-8-12-18-24,25-19-13-9-14-20-25)26-21-15-10-16-22-26/h7-23,27H,6H2,1-5H3/b23-7-. The second-order valence-corrected chi connectivity index (χ2v) is 13.9. The molecule has 1 fully saturated rings. The fourth-order valence-corrected chi connectivity index (χ4v) is 10.2. The van der Waals surface area contributed by atoms with Gasteiger partial charge in [-0.1, -0.05) is 110 Å². The van der Waals surface area contributed by atoms with Crippen LogP contribution in [0, 0.1) is 0 Å². The summed E-state index contributed by atoms with van der Waals surface area (Å²) in [5.41, 5.74) is -0.717. The molecule has 1 unspecified atom stereocenters. The van der Waals surface area contributed by atoms with Crippen LogP contribution in [0.4, 0.5) is 0 Å². The first kappa shape index (κ1) is 23.7. The van der Waals surface area contributed by atoms with Crippen molar-refractivity contribution in [1.29, 1.82) is 0 Å². The topological polar surface area (TPSA) is 18.5 Å². The molecular weight excluding hydrogens is 419 g/mol. The summed E-state index contributed by atoms with van der Waals surface area (Å²) in [5, 5.41) is 4.09. The fraction of sp³-hybridized carbons (Fsp3) is 0.310. The third-order valence-corrected chi connectivity index (χ3v) is 12.5. The van der Waals surface area contributed by atoms with Crippen molar-refractivity contribution in [2.45, 2.75) is 57.7 Å². The van der Waals surface area contributed by atoms with Crippen molar-refractivity contribution in [1.82, 2.24) is 0 Å². The van der Waals surface area contributed by atoms with Gasteiger partial charge in [-0.25, -0.2) is 0 Å². The predicted molar refractivity (Wildman–Crippen MR) is 143 cm³/mol. The van der Waals surface area contributed by atoms with Crippen LogP contribution in [-0.2, 0) is 9.31 Å². The molecule has 170 valence electrons. The molecule has 3 aromatic rings. The SMILES string of the molecule is CC/C=C\C(B1OC(C)(C)C(C)(C)O1)[Si](c1ccccc1)(c1ccccc1)c1ccccc1. The van der Waals surface area contributed by atoms with Gasteiger partial charge in [-0.05, 0) is 49.7 Å². The maximum absolute atomic E-state index is 6.75. The molecule has 4 heteroatoms. The quantitative estimate of drug-likeness (QED) is 0.280. The molecular formula is C29H35BO2Si. The molecule has 0 aliphatic carbocycles. The average molecular weight is 454 g/mol. The van der Waals surface area contributed by atoms with Crippen LogP contribution in [0.5, 0.6) is 0 Å². The van der Waals surface area contributed by atoms with Crippen LogP contribution in [0.15, 0.2) is 103 Å². The van der Waals surface area contributed by atoms with Crippen LogP contribution < -0.4 is 15.6 Å². The highest BCUT2D eigenvalue weighted by molar-refractivity contribution is 7.16. The minimum absolute atomic E-state index is 0.0608. The summed E-state index contributed by atoms with van der Waals surface area (Å²) in [6.07, 6.45) is 5.63. The molecule has 1 heterocycles. The Labute approximate surface area is 200 Å². The number of benzene rings is 3. The van der Waals surface area contributed by atoms with E-state index in [0.29, 0.717) is 0 Å². The van der Waals surface area contributed by atoms with Crippen molar-refractivity contribution in [3.8, 4) is 0 Å². The second kappa shape index (κ2) is 9.46. The summed E-state index contributed by atoms with van der Waals surface area (Å²) < 4.78 is 13.5. The van der Waals surface area contributed by atoms with Crippen LogP contribution in [0.1, 0.15) is 41.0 Å². The largest absolute Gasteiger partial charge is 0.463 e. The van der Waals surface area contributed by atoms with Gasteiger partial charge in [0, 0.05) is 5.44 Å². The Morgan fingerprint density at radius 2 is 1.06 bits per heavy atom. The maximum atomic E-state index is 6.75. The Morgan fingerprint density at radius 3 is 1.39 bits per heavy atom. The van der Waals surface area contributed by atoms with E-state index in [9.17, 15) is 0 Å². The monoisotopic (exact) mass is 454 g/mol. The molecule has 4 rings (SSSR count). The summed E-state index contributed by atoms with van der Waals surface area (Å²) in [4.78, 5) is 0. The summed E-state index contributed by atoms with van der Waals surface area (Å²) >= 11 is 0. The summed E-state index contributed by atoms with van der Waals surface area (Å²) in [6, 6.07) is 33.0. The highest BCUT2D eigenvalue weighted by Gasteiger charge is 2.59. The molecule has 33 heavy (non-hydrogen) atoms. The van der Waals surface area contributed by atoms with Crippen molar-refractivity contribution >= 4 is 30.8 Å². The first-order valence-corrected chi connectivity index (χ1v) is 14.1. The number of rotatable bonds is 7. The first-order chi connectivity index (χ1) is 15.8. The van der Waals surface area contributed by atoms with Crippen LogP contribution in [0.25, 0.3) is 0 Å². The van der Waals surface area contributed by atoms with Gasteiger partial charge in [0.1, 0.15) is 0 Å². The van der Waals surface area contributed by atoms with Gasteiger partial charge in [0.05, 0.1) is 11.2 Å². The minimum Gasteiger partial charge on any atom is -0.403 e. The number of hydrogen-bond acceptors (Lipinski definition) is 2. The van der Waals surface area contributed by atoms with Crippen LogP contribution in [-0.4, -0.2) is 26.4 Å². The Balaban J connectivity index is 2.04. The Kier molecular flexibility index (Phi) is 6.81. The molecule has 1 saturated heterocycles. The zero-order valence-corrected chi connectivity index (χ0v) is 21.5. The molecule has 2 nitrogen and oxygen atoms in total. The molecule has 0 N–H and O–H groups in total.